The Bertz CT molecular complexity index is 1760. The Morgan fingerprint density at radius 2 is 1.57 bits per heavy atom. The van der Waals surface area contributed by atoms with E-state index in [4.69, 9.17) is 0 Å². The van der Waals surface area contributed by atoms with Gasteiger partial charge in [0.2, 0.25) is 0 Å². The topological polar surface area (TPSA) is 89.6 Å². The number of hydrogen-bond donors (Lipinski definition) is 3. The fourth-order valence-electron chi connectivity index (χ4n) is 6.39. The third-order valence-corrected chi connectivity index (χ3v) is 9.01. The number of aromatic nitrogens is 1. The molecular weight excluding hydrogens is 629 g/mol. The van der Waals surface area contributed by atoms with Crippen LogP contribution in [0.1, 0.15) is 63.1 Å². The fourth-order valence-corrected chi connectivity index (χ4v) is 6.39. The quantitative estimate of drug-likeness (QED) is 0.183. The number of anilines is 2. The van der Waals surface area contributed by atoms with E-state index in [1.165, 1.54) is 24.8 Å². The molecule has 0 aliphatic carbocycles. The normalized spacial score (nSPS) is 15.8. The summed E-state index contributed by atoms with van der Waals surface area (Å²) >= 11 is 0. The highest BCUT2D eigenvalue weighted by molar-refractivity contribution is 6.06. The zero-order chi connectivity index (χ0) is 34.2. The van der Waals surface area contributed by atoms with Crippen LogP contribution in [0.25, 0.3) is 11.3 Å². The third kappa shape index (κ3) is 9.04. The summed E-state index contributed by atoms with van der Waals surface area (Å²) in [5, 5.41) is 9.24. The van der Waals surface area contributed by atoms with E-state index in [0.29, 0.717) is 33.6 Å². The van der Waals surface area contributed by atoms with Crippen molar-refractivity contribution in [2.24, 2.45) is 0 Å². The maximum absolute atomic E-state index is 13.7. The number of amides is 2. The van der Waals surface area contributed by atoms with Crippen LogP contribution >= 0.6 is 0 Å². The van der Waals surface area contributed by atoms with Crippen LogP contribution in [0.4, 0.5) is 24.5 Å². The molecule has 11 heteroatoms. The molecule has 0 unspecified atom stereocenters. The lowest BCUT2D eigenvalue weighted by atomic mass is 10.0. The van der Waals surface area contributed by atoms with E-state index in [1.54, 1.807) is 18.2 Å². The van der Waals surface area contributed by atoms with Crippen LogP contribution in [-0.2, 0) is 19.3 Å². The molecule has 2 aliphatic heterocycles. The van der Waals surface area contributed by atoms with Crippen LogP contribution in [0.15, 0.2) is 85.1 Å². The van der Waals surface area contributed by atoms with E-state index < -0.39 is 17.6 Å². The number of benzene rings is 3. The van der Waals surface area contributed by atoms with Crippen molar-refractivity contribution in [1.29, 1.82) is 0 Å². The molecule has 8 nitrogen and oxygen atoms in total. The van der Waals surface area contributed by atoms with Gasteiger partial charge in [0.05, 0.1) is 16.9 Å². The minimum Gasteiger partial charge on any atom is -0.372 e. The van der Waals surface area contributed by atoms with Crippen molar-refractivity contribution in [2.75, 3.05) is 49.5 Å². The second-order valence-corrected chi connectivity index (χ2v) is 12.6. The number of hydrogen-bond acceptors (Lipinski definition) is 6. The second kappa shape index (κ2) is 15.7. The molecule has 0 saturated carbocycles. The molecule has 0 spiro atoms. The monoisotopic (exact) mass is 670 g/mol. The first-order valence-electron chi connectivity index (χ1n) is 16.9. The van der Waals surface area contributed by atoms with Gasteiger partial charge in [-0.3, -0.25) is 19.5 Å². The maximum atomic E-state index is 13.7. The van der Waals surface area contributed by atoms with Gasteiger partial charge >= 0.3 is 6.18 Å². The summed E-state index contributed by atoms with van der Waals surface area (Å²) in [6.45, 7) is 6.48. The predicted molar refractivity (Wildman–Crippen MR) is 186 cm³/mol. The molecule has 2 amide bonds. The summed E-state index contributed by atoms with van der Waals surface area (Å²) in [6, 6.07) is 21.7. The Morgan fingerprint density at radius 1 is 0.776 bits per heavy atom. The lowest BCUT2D eigenvalue weighted by molar-refractivity contribution is -0.137. The van der Waals surface area contributed by atoms with E-state index in [1.807, 2.05) is 36.4 Å². The Morgan fingerprint density at radius 3 is 2.41 bits per heavy atom. The lowest BCUT2D eigenvalue weighted by Crippen LogP contribution is -2.29. The number of pyridine rings is 1. The highest BCUT2D eigenvalue weighted by atomic mass is 19.4. The van der Waals surface area contributed by atoms with Gasteiger partial charge in [-0.25, -0.2) is 0 Å². The van der Waals surface area contributed by atoms with Crippen molar-refractivity contribution in [3.8, 4) is 11.3 Å². The summed E-state index contributed by atoms with van der Waals surface area (Å²) in [4.78, 5) is 36.1. The maximum Gasteiger partial charge on any atom is 0.416 e. The molecule has 2 aliphatic rings. The number of nitrogens with zero attached hydrogens (tertiary/aromatic N) is 3. The first-order valence-corrected chi connectivity index (χ1v) is 16.9. The fraction of sp³-hybridized carbons (Fsp3) is 0.342. The van der Waals surface area contributed by atoms with Gasteiger partial charge in [-0.05, 0) is 104 Å². The molecule has 49 heavy (non-hydrogen) atoms. The molecule has 3 N–H and O–H groups in total. The molecule has 0 bridgehead atoms. The summed E-state index contributed by atoms with van der Waals surface area (Å²) in [5.74, 6) is -0.697. The number of alkyl halides is 3. The minimum absolute atomic E-state index is 0.0696. The molecule has 256 valence electrons. The van der Waals surface area contributed by atoms with Crippen LogP contribution < -0.4 is 20.9 Å². The molecule has 1 aromatic heterocycles. The zero-order valence-corrected chi connectivity index (χ0v) is 27.4. The van der Waals surface area contributed by atoms with Gasteiger partial charge in [-0.1, -0.05) is 24.3 Å². The average Bonchev–Trinajstić information content (AvgIpc) is 3.39. The first-order chi connectivity index (χ1) is 23.7. The highest BCUT2D eigenvalue weighted by Gasteiger charge is 2.30. The Balaban J connectivity index is 1.23. The van der Waals surface area contributed by atoms with Crippen molar-refractivity contribution < 1.29 is 22.8 Å². The van der Waals surface area contributed by atoms with E-state index in [0.717, 1.165) is 88.5 Å². The van der Waals surface area contributed by atoms with Crippen molar-refractivity contribution >= 4 is 23.2 Å². The van der Waals surface area contributed by atoms with Crippen molar-refractivity contribution in [1.82, 2.24) is 20.5 Å². The molecule has 3 aromatic carbocycles. The van der Waals surface area contributed by atoms with Crippen molar-refractivity contribution in [3.63, 3.8) is 0 Å². The van der Waals surface area contributed by atoms with Gasteiger partial charge in [0.25, 0.3) is 11.8 Å². The van der Waals surface area contributed by atoms with Crippen LogP contribution in [0.2, 0.25) is 0 Å². The number of halogens is 3. The molecule has 6 rings (SSSR count). The summed E-state index contributed by atoms with van der Waals surface area (Å²) in [5.41, 5.74) is 4.20. The van der Waals surface area contributed by atoms with Crippen LogP contribution in [0.3, 0.4) is 0 Å². The van der Waals surface area contributed by atoms with E-state index in [2.05, 4.69) is 30.7 Å². The predicted octanol–water partition coefficient (Wildman–Crippen LogP) is 6.74. The molecule has 2 fully saturated rings. The molecule has 3 heterocycles. The lowest BCUT2D eigenvalue weighted by Gasteiger charge is -2.29. The van der Waals surface area contributed by atoms with Gasteiger partial charge in [0.15, 0.2) is 0 Å². The van der Waals surface area contributed by atoms with Gasteiger partial charge in [-0.2, -0.15) is 13.2 Å². The van der Waals surface area contributed by atoms with Crippen LogP contribution in [0, 0.1) is 0 Å². The SMILES string of the molecule is O=C(NCc1cccc(C(F)(F)F)c1)c1ccnc(-c2cc(N3CCCCC3)ccc2NC(=O)c2cccc(CN3CCCNCC3)c2)c1. The number of nitrogens with one attached hydrogen (secondary N) is 3. The van der Waals surface area contributed by atoms with Crippen molar-refractivity contribution in [3.05, 3.63) is 113 Å². The Labute approximate surface area is 284 Å². The van der Waals surface area contributed by atoms with Gasteiger partial charge in [0.1, 0.15) is 0 Å². The van der Waals surface area contributed by atoms with Crippen molar-refractivity contribution in [2.45, 2.75) is 44.9 Å². The van der Waals surface area contributed by atoms with Gasteiger partial charge < -0.3 is 20.9 Å². The number of piperidine rings is 1. The molecular formula is C38H41F3N6O2. The summed E-state index contributed by atoms with van der Waals surface area (Å²) < 4.78 is 39.5. The second-order valence-electron chi connectivity index (χ2n) is 12.6. The smallest absolute Gasteiger partial charge is 0.372 e. The molecule has 0 atom stereocenters. The Hall–Kier alpha value is -4.74. The Kier molecular flexibility index (Phi) is 10.9. The summed E-state index contributed by atoms with van der Waals surface area (Å²) in [6.07, 6.45) is 1.52. The molecule has 2 saturated heterocycles. The summed E-state index contributed by atoms with van der Waals surface area (Å²) in [7, 11) is 0. The third-order valence-electron chi connectivity index (χ3n) is 9.01. The van der Waals surface area contributed by atoms with Gasteiger partial charge in [-0.15, -0.1) is 0 Å². The van der Waals surface area contributed by atoms with E-state index in [-0.39, 0.29) is 12.5 Å². The van der Waals surface area contributed by atoms with E-state index in [9.17, 15) is 22.8 Å². The first kappa shape index (κ1) is 34.1. The number of rotatable bonds is 9. The highest BCUT2D eigenvalue weighted by Crippen LogP contribution is 2.33. The van der Waals surface area contributed by atoms with Crippen LogP contribution in [-0.4, -0.2) is 61.0 Å². The standard InChI is InChI=1S/C38H41F3N6O2/c39-38(40,41)31-10-5-7-27(22-31)25-44-36(48)30-13-15-43-35(23-30)33-24-32(47-18-2-1-3-19-47)11-12-34(33)45-37(49)29-9-4-8-28(21-29)26-46-17-6-14-42-16-20-46/h4-5,7-13,15,21-24,42H,1-3,6,14,16-20,25-26H2,(H,44,48)(H,45,49). The average molecular weight is 671 g/mol. The van der Waals surface area contributed by atoms with Crippen LogP contribution in [0.5, 0.6) is 0 Å². The number of carbonyl (C=O) groups is 2. The largest absolute Gasteiger partial charge is 0.416 e. The van der Waals surface area contributed by atoms with E-state index >= 15 is 0 Å². The number of carbonyl (C=O) groups excluding carboxylic acids is 2. The minimum atomic E-state index is -4.47. The molecule has 4 aromatic rings. The van der Waals surface area contributed by atoms with Gasteiger partial charge in [0, 0.05) is 67.8 Å². The zero-order valence-electron chi connectivity index (χ0n) is 27.4. The molecule has 0 radical (unpaired) electrons.